The fraction of sp³-hybridized carbons (Fsp3) is 0.316. The highest BCUT2D eigenvalue weighted by atomic mass is 19.1. The zero-order valence-corrected chi connectivity index (χ0v) is 14.3. The van der Waals surface area contributed by atoms with Gasteiger partial charge in [0.2, 0.25) is 0 Å². The summed E-state index contributed by atoms with van der Waals surface area (Å²) in [6.07, 6.45) is 0. The molecule has 0 fully saturated rings. The Morgan fingerprint density at radius 3 is 2.68 bits per heavy atom. The van der Waals surface area contributed by atoms with Crippen molar-refractivity contribution < 1.29 is 14.2 Å². The van der Waals surface area contributed by atoms with Gasteiger partial charge in [-0.1, -0.05) is 24.3 Å². The highest BCUT2D eigenvalue weighted by Gasteiger charge is 2.03. The maximum atomic E-state index is 13.4. The Morgan fingerprint density at radius 2 is 1.96 bits per heavy atom. The molecule has 2 rings (SSSR count). The average molecular weight is 345 g/mol. The SMILES string of the molecule is CCNC(=NCc1ccc(F)c(CO)c1)NCCOc1ccccc1. The summed E-state index contributed by atoms with van der Waals surface area (Å²) in [6.45, 7) is 3.91. The molecule has 0 saturated heterocycles. The number of aliphatic hydroxyl groups excluding tert-OH is 1. The molecule has 134 valence electrons. The molecule has 3 N–H and O–H groups in total. The second kappa shape index (κ2) is 10.3. The number of nitrogens with zero attached hydrogens (tertiary/aromatic N) is 1. The second-order valence-corrected chi connectivity index (χ2v) is 5.37. The predicted molar refractivity (Wildman–Crippen MR) is 97.1 cm³/mol. The third-order valence-electron chi connectivity index (χ3n) is 3.45. The quantitative estimate of drug-likeness (QED) is 0.391. The maximum absolute atomic E-state index is 13.4. The Morgan fingerprint density at radius 1 is 1.16 bits per heavy atom. The molecule has 0 spiro atoms. The van der Waals surface area contributed by atoms with Crippen LogP contribution in [0.2, 0.25) is 0 Å². The molecule has 0 aromatic heterocycles. The number of nitrogens with one attached hydrogen (secondary N) is 2. The molecule has 0 aliphatic carbocycles. The van der Waals surface area contributed by atoms with E-state index in [1.807, 2.05) is 37.3 Å². The Hall–Kier alpha value is -2.60. The molecular weight excluding hydrogens is 321 g/mol. The van der Waals surface area contributed by atoms with Crippen molar-refractivity contribution in [2.75, 3.05) is 19.7 Å². The number of aliphatic imine (C=N–C) groups is 1. The summed E-state index contributed by atoms with van der Waals surface area (Å²) >= 11 is 0. The van der Waals surface area contributed by atoms with E-state index in [4.69, 9.17) is 9.84 Å². The van der Waals surface area contributed by atoms with E-state index in [0.717, 1.165) is 17.9 Å². The molecule has 0 heterocycles. The normalized spacial score (nSPS) is 11.2. The van der Waals surface area contributed by atoms with Gasteiger partial charge < -0.3 is 20.5 Å². The number of halogens is 1. The molecule has 0 bridgehead atoms. The van der Waals surface area contributed by atoms with Crippen molar-refractivity contribution in [3.05, 3.63) is 65.5 Å². The third-order valence-corrected chi connectivity index (χ3v) is 3.45. The van der Waals surface area contributed by atoms with Crippen LogP contribution in [-0.2, 0) is 13.2 Å². The number of aliphatic hydroxyl groups is 1. The van der Waals surface area contributed by atoms with Gasteiger partial charge in [-0.05, 0) is 36.8 Å². The first-order chi connectivity index (χ1) is 12.2. The highest BCUT2D eigenvalue weighted by Crippen LogP contribution is 2.11. The maximum Gasteiger partial charge on any atom is 0.191 e. The Kier molecular flexibility index (Phi) is 7.72. The largest absolute Gasteiger partial charge is 0.492 e. The van der Waals surface area contributed by atoms with E-state index in [9.17, 15) is 4.39 Å². The van der Waals surface area contributed by atoms with Gasteiger partial charge in [0.15, 0.2) is 5.96 Å². The molecule has 0 saturated carbocycles. The van der Waals surface area contributed by atoms with Gasteiger partial charge in [0.25, 0.3) is 0 Å². The van der Waals surface area contributed by atoms with Gasteiger partial charge in [-0.25, -0.2) is 9.38 Å². The summed E-state index contributed by atoms with van der Waals surface area (Å²) < 4.78 is 19.0. The van der Waals surface area contributed by atoms with E-state index in [2.05, 4.69) is 15.6 Å². The minimum atomic E-state index is -0.404. The molecule has 6 heteroatoms. The van der Waals surface area contributed by atoms with Crippen LogP contribution in [0.1, 0.15) is 18.1 Å². The van der Waals surface area contributed by atoms with Crippen molar-refractivity contribution in [3.63, 3.8) is 0 Å². The van der Waals surface area contributed by atoms with Crippen LogP contribution in [0.5, 0.6) is 5.75 Å². The van der Waals surface area contributed by atoms with Crippen LogP contribution < -0.4 is 15.4 Å². The van der Waals surface area contributed by atoms with Crippen molar-refractivity contribution in [2.45, 2.75) is 20.1 Å². The Balaban J connectivity index is 1.85. The first kappa shape index (κ1) is 18.7. The number of para-hydroxylation sites is 1. The molecule has 5 nitrogen and oxygen atoms in total. The van der Waals surface area contributed by atoms with Crippen LogP contribution in [0, 0.1) is 5.82 Å². The zero-order valence-electron chi connectivity index (χ0n) is 14.3. The average Bonchev–Trinajstić information content (AvgIpc) is 2.65. The molecule has 0 unspecified atom stereocenters. The molecule has 2 aromatic carbocycles. The minimum Gasteiger partial charge on any atom is -0.492 e. The first-order valence-electron chi connectivity index (χ1n) is 8.31. The smallest absolute Gasteiger partial charge is 0.191 e. The second-order valence-electron chi connectivity index (χ2n) is 5.37. The summed E-state index contributed by atoms with van der Waals surface area (Å²) in [5.74, 6) is 1.08. The highest BCUT2D eigenvalue weighted by molar-refractivity contribution is 5.79. The van der Waals surface area contributed by atoms with Crippen molar-refractivity contribution >= 4 is 5.96 Å². The summed E-state index contributed by atoms with van der Waals surface area (Å²) in [5, 5.41) is 15.5. The first-order valence-corrected chi connectivity index (χ1v) is 8.31. The molecule has 25 heavy (non-hydrogen) atoms. The van der Waals surface area contributed by atoms with Gasteiger partial charge in [-0.15, -0.1) is 0 Å². The molecule has 0 atom stereocenters. The molecule has 0 aliphatic heterocycles. The fourth-order valence-corrected chi connectivity index (χ4v) is 2.21. The predicted octanol–water partition coefficient (Wildman–Crippen LogP) is 2.45. The summed E-state index contributed by atoms with van der Waals surface area (Å²) in [4.78, 5) is 4.47. The lowest BCUT2D eigenvalue weighted by molar-refractivity contribution is 0.275. The third kappa shape index (κ3) is 6.43. The van der Waals surface area contributed by atoms with E-state index < -0.39 is 5.82 Å². The van der Waals surface area contributed by atoms with Crippen LogP contribution in [0.15, 0.2) is 53.5 Å². The number of rotatable bonds is 8. The molecule has 0 amide bonds. The van der Waals surface area contributed by atoms with Crippen LogP contribution in [0.25, 0.3) is 0 Å². The van der Waals surface area contributed by atoms with Crippen molar-refractivity contribution in [3.8, 4) is 5.75 Å². The van der Waals surface area contributed by atoms with Crippen LogP contribution in [0.3, 0.4) is 0 Å². The number of guanidine groups is 1. The van der Waals surface area contributed by atoms with E-state index >= 15 is 0 Å². The Labute approximate surface area is 147 Å². The van der Waals surface area contributed by atoms with Crippen LogP contribution >= 0.6 is 0 Å². The van der Waals surface area contributed by atoms with Gasteiger partial charge in [0.1, 0.15) is 18.2 Å². The molecule has 2 aromatic rings. The van der Waals surface area contributed by atoms with Crippen LogP contribution in [-0.4, -0.2) is 30.8 Å². The number of hydrogen-bond acceptors (Lipinski definition) is 3. The van der Waals surface area contributed by atoms with Crippen molar-refractivity contribution in [1.29, 1.82) is 0 Å². The lowest BCUT2D eigenvalue weighted by Gasteiger charge is -2.12. The van der Waals surface area contributed by atoms with Gasteiger partial charge in [-0.3, -0.25) is 0 Å². The Bertz CT molecular complexity index is 678. The molecule has 0 radical (unpaired) electrons. The van der Waals surface area contributed by atoms with Gasteiger partial charge >= 0.3 is 0 Å². The summed E-state index contributed by atoms with van der Waals surface area (Å²) in [6, 6.07) is 14.3. The molecule has 0 aliphatic rings. The summed E-state index contributed by atoms with van der Waals surface area (Å²) in [7, 11) is 0. The fourth-order valence-electron chi connectivity index (χ4n) is 2.21. The minimum absolute atomic E-state index is 0.280. The van der Waals surface area contributed by atoms with E-state index in [1.165, 1.54) is 6.07 Å². The van der Waals surface area contributed by atoms with E-state index in [1.54, 1.807) is 12.1 Å². The lowest BCUT2D eigenvalue weighted by Crippen LogP contribution is -2.39. The number of benzene rings is 2. The number of ether oxygens (including phenoxy) is 1. The topological polar surface area (TPSA) is 65.9 Å². The lowest BCUT2D eigenvalue weighted by atomic mass is 10.1. The zero-order chi connectivity index (χ0) is 17.9. The van der Waals surface area contributed by atoms with E-state index in [-0.39, 0.29) is 12.2 Å². The van der Waals surface area contributed by atoms with Crippen LogP contribution in [0.4, 0.5) is 4.39 Å². The standard InChI is InChI=1S/C19H24FN3O2/c1-2-21-19(22-10-11-25-17-6-4-3-5-7-17)23-13-15-8-9-18(20)16(12-15)14-24/h3-9,12,24H,2,10-11,13-14H2,1H3,(H2,21,22,23). The van der Waals surface area contributed by atoms with E-state index in [0.29, 0.717) is 25.7 Å². The van der Waals surface area contributed by atoms with Gasteiger partial charge in [0, 0.05) is 12.1 Å². The number of hydrogen-bond donors (Lipinski definition) is 3. The molecular formula is C19H24FN3O2. The monoisotopic (exact) mass is 345 g/mol. The van der Waals surface area contributed by atoms with Gasteiger partial charge in [0.05, 0.1) is 19.7 Å². The van der Waals surface area contributed by atoms with Crippen molar-refractivity contribution in [1.82, 2.24) is 10.6 Å². The van der Waals surface area contributed by atoms with Gasteiger partial charge in [-0.2, -0.15) is 0 Å². The summed E-state index contributed by atoms with van der Waals surface area (Å²) in [5.41, 5.74) is 1.12. The van der Waals surface area contributed by atoms with Crippen molar-refractivity contribution in [2.24, 2.45) is 4.99 Å².